The molecule has 0 radical (unpaired) electrons. The fraction of sp³-hybridized carbons (Fsp3) is 0.333. The van der Waals surface area contributed by atoms with E-state index < -0.39 is 0 Å². The zero-order valence-corrected chi connectivity index (χ0v) is 11.8. The zero-order chi connectivity index (χ0) is 13.9. The van der Waals surface area contributed by atoms with Crippen LogP contribution in [0.5, 0.6) is 0 Å². The van der Waals surface area contributed by atoms with E-state index in [4.69, 9.17) is 16.9 Å². The van der Waals surface area contributed by atoms with E-state index in [1.165, 1.54) is 12.1 Å². The minimum absolute atomic E-state index is 0.456. The summed E-state index contributed by atoms with van der Waals surface area (Å²) in [6.45, 7) is 2.06. The zero-order valence-electron chi connectivity index (χ0n) is 11.0. The Morgan fingerprint density at radius 3 is 3.05 bits per heavy atom. The summed E-state index contributed by atoms with van der Waals surface area (Å²) in [5.41, 5.74) is 2.62. The first-order valence-electron chi connectivity index (χ1n) is 6.72. The molecule has 1 atom stereocenters. The second kappa shape index (κ2) is 5.66. The van der Waals surface area contributed by atoms with Gasteiger partial charge in [-0.15, -0.1) is 0 Å². The second-order valence-corrected chi connectivity index (χ2v) is 5.42. The lowest BCUT2D eigenvalue weighted by Crippen LogP contribution is -2.29. The van der Waals surface area contributed by atoms with Crippen molar-refractivity contribution in [2.75, 3.05) is 13.1 Å². The number of nitrogens with one attached hydrogen (secondary N) is 1. The fourth-order valence-corrected chi connectivity index (χ4v) is 2.96. The first-order chi connectivity index (χ1) is 9.79. The molecule has 1 aliphatic rings. The van der Waals surface area contributed by atoms with Crippen molar-refractivity contribution in [2.24, 2.45) is 0 Å². The maximum atomic E-state index is 8.91. The molecule has 1 N–H and O–H groups in total. The van der Waals surface area contributed by atoms with E-state index in [1.54, 1.807) is 18.5 Å². The average Bonchev–Trinajstić information content (AvgIpc) is 2.97. The molecule has 4 nitrogen and oxygen atoms in total. The van der Waals surface area contributed by atoms with Crippen LogP contribution in [-0.4, -0.2) is 22.6 Å². The van der Waals surface area contributed by atoms with Gasteiger partial charge in [0.25, 0.3) is 0 Å². The van der Waals surface area contributed by atoms with Gasteiger partial charge in [0, 0.05) is 24.4 Å². The van der Waals surface area contributed by atoms with Crippen molar-refractivity contribution in [1.82, 2.24) is 14.9 Å². The fourth-order valence-electron chi connectivity index (χ4n) is 2.68. The predicted octanol–water partition coefficient (Wildman–Crippen LogP) is 2.86. The smallest absolute Gasteiger partial charge is 0.0994 e. The summed E-state index contributed by atoms with van der Waals surface area (Å²) < 4.78 is 2.03. The van der Waals surface area contributed by atoms with Crippen LogP contribution in [0.1, 0.15) is 30.0 Å². The number of piperidine rings is 1. The molecule has 0 aliphatic carbocycles. The molecule has 1 aliphatic heterocycles. The van der Waals surface area contributed by atoms with Crippen LogP contribution in [0.4, 0.5) is 0 Å². The third-order valence-corrected chi connectivity index (χ3v) is 4.02. The van der Waals surface area contributed by atoms with Crippen molar-refractivity contribution in [3.8, 4) is 11.8 Å². The lowest BCUT2D eigenvalue weighted by atomic mass is 9.96. The Hall–Kier alpha value is -1.83. The highest BCUT2D eigenvalue weighted by Gasteiger charge is 2.20. The Labute approximate surface area is 123 Å². The van der Waals surface area contributed by atoms with Crippen molar-refractivity contribution in [1.29, 1.82) is 5.26 Å². The highest BCUT2D eigenvalue weighted by molar-refractivity contribution is 6.32. The number of hydrogen-bond donors (Lipinski definition) is 1. The number of nitrogens with zero attached hydrogens (tertiary/aromatic N) is 3. The lowest BCUT2D eigenvalue weighted by Gasteiger charge is -2.24. The molecule has 0 spiro atoms. The first kappa shape index (κ1) is 13.2. The summed E-state index contributed by atoms with van der Waals surface area (Å²) in [6.07, 6.45) is 6.03. The summed E-state index contributed by atoms with van der Waals surface area (Å²) in [5.74, 6) is 0.456. The van der Waals surface area contributed by atoms with Crippen molar-refractivity contribution < 1.29 is 0 Å². The van der Waals surface area contributed by atoms with Crippen molar-refractivity contribution in [3.05, 3.63) is 47.0 Å². The SMILES string of the molecule is N#Cc1ccc(-n2cncc2C2CCCNC2)c(Cl)c1. The van der Waals surface area contributed by atoms with Gasteiger partial charge < -0.3 is 9.88 Å². The van der Waals surface area contributed by atoms with Gasteiger partial charge in [-0.05, 0) is 37.6 Å². The van der Waals surface area contributed by atoms with Gasteiger partial charge in [-0.1, -0.05) is 11.6 Å². The number of benzene rings is 1. The summed E-state index contributed by atoms with van der Waals surface area (Å²) in [5, 5.41) is 12.9. The molecule has 1 fully saturated rings. The second-order valence-electron chi connectivity index (χ2n) is 5.01. The minimum atomic E-state index is 0.456. The van der Waals surface area contributed by atoms with Crippen molar-refractivity contribution >= 4 is 11.6 Å². The van der Waals surface area contributed by atoms with Crippen molar-refractivity contribution in [3.63, 3.8) is 0 Å². The van der Waals surface area contributed by atoms with E-state index in [0.29, 0.717) is 16.5 Å². The third-order valence-electron chi connectivity index (χ3n) is 3.72. The molecule has 1 aromatic heterocycles. The highest BCUT2D eigenvalue weighted by atomic mass is 35.5. The van der Waals surface area contributed by atoms with Crippen LogP contribution < -0.4 is 5.32 Å². The van der Waals surface area contributed by atoms with Crippen LogP contribution in [-0.2, 0) is 0 Å². The Bertz CT molecular complexity index is 650. The number of nitriles is 1. The molecule has 2 aromatic rings. The maximum absolute atomic E-state index is 8.91. The monoisotopic (exact) mass is 286 g/mol. The van der Waals surface area contributed by atoms with E-state index in [0.717, 1.165) is 25.2 Å². The van der Waals surface area contributed by atoms with Crippen LogP contribution in [0.2, 0.25) is 5.02 Å². The van der Waals surface area contributed by atoms with Gasteiger partial charge in [0.05, 0.1) is 28.7 Å². The van der Waals surface area contributed by atoms with Crippen LogP contribution in [0.25, 0.3) is 5.69 Å². The Morgan fingerprint density at radius 2 is 2.35 bits per heavy atom. The van der Waals surface area contributed by atoms with Gasteiger partial charge in [-0.25, -0.2) is 4.98 Å². The third kappa shape index (κ3) is 2.43. The molecule has 102 valence electrons. The molecular weight excluding hydrogens is 272 g/mol. The standard InChI is InChI=1S/C15H15ClN4/c16-13-6-11(7-17)3-4-14(13)20-10-19-9-15(20)12-2-1-5-18-8-12/h3-4,6,9-10,12,18H,1-2,5,8H2. The molecule has 20 heavy (non-hydrogen) atoms. The van der Waals surface area contributed by atoms with E-state index in [1.807, 2.05) is 16.8 Å². The Morgan fingerprint density at radius 1 is 1.45 bits per heavy atom. The first-order valence-corrected chi connectivity index (χ1v) is 7.10. The number of rotatable bonds is 2. The molecule has 2 heterocycles. The molecule has 0 saturated carbocycles. The molecule has 0 bridgehead atoms. The summed E-state index contributed by atoms with van der Waals surface area (Å²) in [7, 11) is 0. The van der Waals surface area contributed by atoms with E-state index in [9.17, 15) is 0 Å². The number of halogens is 1. The molecular formula is C15H15ClN4. The van der Waals surface area contributed by atoms with E-state index >= 15 is 0 Å². The topological polar surface area (TPSA) is 53.6 Å². The van der Waals surface area contributed by atoms with E-state index in [-0.39, 0.29) is 0 Å². The Balaban J connectivity index is 1.99. The van der Waals surface area contributed by atoms with Gasteiger partial charge in [0.15, 0.2) is 0 Å². The average molecular weight is 287 g/mol. The lowest BCUT2D eigenvalue weighted by molar-refractivity contribution is 0.451. The Kier molecular flexibility index (Phi) is 3.72. The summed E-state index contributed by atoms with van der Waals surface area (Å²) in [6, 6.07) is 7.45. The van der Waals surface area contributed by atoms with Gasteiger partial charge >= 0.3 is 0 Å². The summed E-state index contributed by atoms with van der Waals surface area (Å²) >= 11 is 6.30. The molecule has 1 unspecified atom stereocenters. The van der Waals surface area contributed by atoms with Gasteiger partial charge in [0.1, 0.15) is 0 Å². The predicted molar refractivity (Wildman–Crippen MR) is 78.1 cm³/mol. The number of imidazole rings is 1. The van der Waals surface area contributed by atoms with Gasteiger partial charge in [-0.2, -0.15) is 5.26 Å². The van der Waals surface area contributed by atoms with Gasteiger partial charge in [-0.3, -0.25) is 0 Å². The summed E-state index contributed by atoms with van der Waals surface area (Å²) in [4.78, 5) is 4.27. The molecule has 5 heteroatoms. The maximum Gasteiger partial charge on any atom is 0.0994 e. The van der Waals surface area contributed by atoms with Crippen LogP contribution in [0, 0.1) is 11.3 Å². The molecule has 0 amide bonds. The molecule has 1 aromatic carbocycles. The largest absolute Gasteiger partial charge is 0.316 e. The number of aromatic nitrogens is 2. The highest BCUT2D eigenvalue weighted by Crippen LogP contribution is 2.28. The van der Waals surface area contributed by atoms with E-state index in [2.05, 4.69) is 16.4 Å². The van der Waals surface area contributed by atoms with Crippen LogP contribution in [0.3, 0.4) is 0 Å². The normalized spacial score (nSPS) is 18.7. The minimum Gasteiger partial charge on any atom is -0.316 e. The van der Waals surface area contributed by atoms with Crippen LogP contribution >= 0.6 is 11.6 Å². The quantitative estimate of drug-likeness (QED) is 0.923. The van der Waals surface area contributed by atoms with Gasteiger partial charge in [0.2, 0.25) is 0 Å². The molecule has 1 saturated heterocycles. The molecule has 3 rings (SSSR count). The van der Waals surface area contributed by atoms with Crippen LogP contribution in [0.15, 0.2) is 30.7 Å². The number of hydrogen-bond acceptors (Lipinski definition) is 3. The van der Waals surface area contributed by atoms with Crippen molar-refractivity contribution in [2.45, 2.75) is 18.8 Å².